The summed E-state index contributed by atoms with van der Waals surface area (Å²) in [4.78, 5) is 26.9. The maximum absolute atomic E-state index is 11.9. The van der Waals surface area contributed by atoms with E-state index in [1.165, 1.54) is 0 Å². The van der Waals surface area contributed by atoms with Crippen LogP contribution in [0.15, 0.2) is 0 Å². The van der Waals surface area contributed by atoms with Gasteiger partial charge in [0.1, 0.15) is 0 Å². The molecule has 0 aromatic heterocycles. The van der Waals surface area contributed by atoms with E-state index in [0.717, 1.165) is 19.5 Å². The molecule has 104 valence electrons. The third kappa shape index (κ3) is 3.98. The van der Waals surface area contributed by atoms with E-state index >= 15 is 0 Å². The van der Waals surface area contributed by atoms with Crippen LogP contribution in [0, 0.1) is 5.92 Å². The van der Waals surface area contributed by atoms with E-state index < -0.39 is 0 Å². The first-order chi connectivity index (χ1) is 8.60. The fourth-order valence-corrected chi connectivity index (χ4v) is 2.16. The van der Waals surface area contributed by atoms with Gasteiger partial charge in [0.15, 0.2) is 0 Å². The minimum atomic E-state index is -0.350. The highest BCUT2D eigenvalue weighted by molar-refractivity contribution is 6.35. The zero-order valence-electron chi connectivity index (χ0n) is 11.7. The Morgan fingerprint density at radius 2 is 1.78 bits per heavy atom. The van der Waals surface area contributed by atoms with Crippen LogP contribution in [0.2, 0.25) is 0 Å². The van der Waals surface area contributed by atoms with Crippen molar-refractivity contribution in [2.24, 2.45) is 5.92 Å². The summed E-state index contributed by atoms with van der Waals surface area (Å²) >= 11 is 0. The number of nitrogens with one attached hydrogen (secondary N) is 1. The Bertz CT molecular complexity index is 294. The first-order valence-electron chi connectivity index (χ1n) is 6.89. The van der Waals surface area contributed by atoms with Crippen LogP contribution in [0.1, 0.15) is 27.2 Å². The molecule has 0 aromatic rings. The second-order valence-corrected chi connectivity index (χ2v) is 4.95. The van der Waals surface area contributed by atoms with Crippen molar-refractivity contribution in [3.8, 4) is 0 Å². The monoisotopic (exact) mass is 255 g/mol. The van der Waals surface area contributed by atoms with Gasteiger partial charge < -0.3 is 15.1 Å². The van der Waals surface area contributed by atoms with Crippen LogP contribution < -0.4 is 5.32 Å². The highest BCUT2D eigenvalue weighted by Gasteiger charge is 2.31. The zero-order valence-corrected chi connectivity index (χ0v) is 11.7. The van der Waals surface area contributed by atoms with Crippen molar-refractivity contribution in [2.45, 2.75) is 27.2 Å². The molecule has 0 aliphatic carbocycles. The van der Waals surface area contributed by atoms with Gasteiger partial charge in [-0.15, -0.1) is 0 Å². The molecule has 1 N–H and O–H groups in total. The summed E-state index contributed by atoms with van der Waals surface area (Å²) in [6.45, 7) is 10.6. The summed E-state index contributed by atoms with van der Waals surface area (Å²) in [6.07, 6.45) is 1.11. The van der Waals surface area contributed by atoms with Crippen molar-refractivity contribution < 1.29 is 9.59 Å². The number of hydrogen-bond donors (Lipinski definition) is 1. The number of piperazine rings is 1. The SMILES string of the molecule is CCCNCC(C)CN1CCN(CC)C(=O)C1=O. The van der Waals surface area contributed by atoms with Gasteiger partial charge in [-0.05, 0) is 32.4 Å². The Labute approximate surface area is 110 Å². The maximum atomic E-state index is 11.9. The molecule has 18 heavy (non-hydrogen) atoms. The summed E-state index contributed by atoms with van der Waals surface area (Å²) in [5.41, 5.74) is 0. The standard InChI is InChI=1S/C13H25N3O2/c1-4-6-14-9-11(3)10-16-8-7-15(5-2)12(17)13(16)18/h11,14H,4-10H2,1-3H3. The molecule has 2 amide bonds. The van der Waals surface area contributed by atoms with E-state index in [9.17, 15) is 9.59 Å². The van der Waals surface area contributed by atoms with Gasteiger partial charge in [-0.1, -0.05) is 13.8 Å². The van der Waals surface area contributed by atoms with Gasteiger partial charge in [0.2, 0.25) is 0 Å². The lowest BCUT2D eigenvalue weighted by molar-refractivity contribution is -0.156. The zero-order chi connectivity index (χ0) is 13.5. The Hall–Kier alpha value is -1.10. The van der Waals surface area contributed by atoms with Crippen molar-refractivity contribution in [3.05, 3.63) is 0 Å². The fourth-order valence-electron chi connectivity index (χ4n) is 2.16. The molecule has 0 saturated carbocycles. The smallest absolute Gasteiger partial charge is 0.312 e. The quantitative estimate of drug-likeness (QED) is 0.526. The number of likely N-dealkylation sites (N-methyl/N-ethyl adjacent to an activating group) is 1. The number of amides is 2. The molecule has 5 heteroatoms. The largest absolute Gasteiger partial charge is 0.333 e. The van der Waals surface area contributed by atoms with E-state index in [-0.39, 0.29) is 11.8 Å². The molecule has 1 saturated heterocycles. The molecule has 1 fully saturated rings. The average Bonchev–Trinajstić information content (AvgIpc) is 2.36. The minimum absolute atomic E-state index is 0.342. The summed E-state index contributed by atoms with van der Waals surface area (Å²) in [5, 5.41) is 3.34. The van der Waals surface area contributed by atoms with Crippen LogP contribution in [0.3, 0.4) is 0 Å². The average molecular weight is 255 g/mol. The molecule has 1 heterocycles. The van der Waals surface area contributed by atoms with Crippen LogP contribution in [0.4, 0.5) is 0 Å². The van der Waals surface area contributed by atoms with Gasteiger partial charge in [-0.25, -0.2) is 0 Å². The van der Waals surface area contributed by atoms with Crippen LogP contribution in [-0.2, 0) is 9.59 Å². The van der Waals surface area contributed by atoms with Gasteiger partial charge in [0.05, 0.1) is 0 Å². The molecule has 0 bridgehead atoms. The minimum Gasteiger partial charge on any atom is -0.333 e. The van der Waals surface area contributed by atoms with E-state index in [4.69, 9.17) is 0 Å². The molecule has 0 aromatic carbocycles. The molecule has 1 rings (SSSR count). The van der Waals surface area contributed by atoms with Gasteiger partial charge in [0, 0.05) is 26.2 Å². The van der Waals surface area contributed by atoms with E-state index in [1.807, 2.05) is 6.92 Å². The van der Waals surface area contributed by atoms with Crippen LogP contribution in [0.25, 0.3) is 0 Å². The van der Waals surface area contributed by atoms with Gasteiger partial charge in [0.25, 0.3) is 0 Å². The second-order valence-electron chi connectivity index (χ2n) is 4.95. The van der Waals surface area contributed by atoms with Gasteiger partial charge >= 0.3 is 11.8 Å². The topological polar surface area (TPSA) is 52.6 Å². The fraction of sp³-hybridized carbons (Fsp3) is 0.846. The van der Waals surface area contributed by atoms with E-state index in [0.29, 0.717) is 32.1 Å². The first kappa shape index (κ1) is 15.0. The predicted molar refractivity (Wildman–Crippen MR) is 71.2 cm³/mol. The molecule has 0 radical (unpaired) electrons. The lowest BCUT2D eigenvalue weighted by Crippen LogP contribution is -2.55. The van der Waals surface area contributed by atoms with Gasteiger partial charge in [-0.3, -0.25) is 9.59 Å². The number of rotatable bonds is 7. The molecule has 1 unspecified atom stereocenters. The number of carbonyl (C=O) groups is 2. The Morgan fingerprint density at radius 1 is 1.17 bits per heavy atom. The number of nitrogens with zero attached hydrogens (tertiary/aromatic N) is 2. The van der Waals surface area contributed by atoms with Crippen molar-refractivity contribution in [3.63, 3.8) is 0 Å². The van der Waals surface area contributed by atoms with Gasteiger partial charge in [-0.2, -0.15) is 0 Å². The van der Waals surface area contributed by atoms with Crippen LogP contribution >= 0.6 is 0 Å². The molecule has 1 aliphatic heterocycles. The summed E-state index contributed by atoms with van der Waals surface area (Å²) in [5.74, 6) is -0.315. The molecular weight excluding hydrogens is 230 g/mol. The summed E-state index contributed by atoms with van der Waals surface area (Å²) in [6, 6.07) is 0. The van der Waals surface area contributed by atoms with Crippen molar-refractivity contribution in [2.75, 3.05) is 39.3 Å². The summed E-state index contributed by atoms with van der Waals surface area (Å²) in [7, 11) is 0. The number of carbonyl (C=O) groups excluding carboxylic acids is 2. The molecular formula is C13H25N3O2. The first-order valence-corrected chi connectivity index (χ1v) is 6.89. The molecule has 5 nitrogen and oxygen atoms in total. The van der Waals surface area contributed by atoms with E-state index in [1.54, 1.807) is 9.80 Å². The molecule has 0 spiro atoms. The van der Waals surface area contributed by atoms with E-state index in [2.05, 4.69) is 19.2 Å². The molecule has 1 atom stereocenters. The number of hydrogen-bond acceptors (Lipinski definition) is 3. The van der Waals surface area contributed by atoms with Crippen molar-refractivity contribution >= 4 is 11.8 Å². The Morgan fingerprint density at radius 3 is 2.39 bits per heavy atom. The highest BCUT2D eigenvalue weighted by Crippen LogP contribution is 2.07. The van der Waals surface area contributed by atoms with Crippen molar-refractivity contribution in [1.29, 1.82) is 0 Å². The molecule has 1 aliphatic rings. The Balaban J connectivity index is 2.39. The van der Waals surface area contributed by atoms with Crippen molar-refractivity contribution in [1.82, 2.24) is 15.1 Å². The van der Waals surface area contributed by atoms with Crippen LogP contribution in [-0.4, -0.2) is 60.9 Å². The summed E-state index contributed by atoms with van der Waals surface area (Å²) < 4.78 is 0. The third-order valence-electron chi connectivity index (χ3n) is 3.23. The van der Waals surface area contributed by atoms with Crippen LogP contribution in [0.5, 0.6) is 0 Å². The third-order valence-corrected chi connectivity index (χ3v) is 3.23. The Kier molecular flexibility index (Phi) is 6.12. The predicted octanol–water partition coefficient (Wildman–Crippen LogP) is 0.313. The lowest BCUT2D eigenvalue weighted by atomic mass is 10.1. The lowest BCUT2D eigenvalue weighted by Gasteiger charge is -2.34. The normalized spacial score (nSPS) is 18.4. The second kappa shape index (κ2) is 7.36. The highest BCUT2D eigenvalue weighted by atomic mass is 16.2. The maximum Gasteiger partial charge on any atom is 0.312 e.